The minimum absolute atomic E-state index is 0.0632. The molecule has 0 spiro atoms. The lowest BCUT2D eigenvalue weighted by atomic mass is 10.2. The van der Waals surface area contributed by atoms with E-state index in [-0.39, 0.29) is 11.0 Å². The van der Waals surface area contributed by atoms with Crippen molar-refractivity contribution in [2.75, 3.05) is 4.72 Å². The number of sulfonamides is 1. The van der Waals surface area contributed by atoms with E-state index in [0.29, 0.717) is 16.3 Å². The van der Waals surface area contributed by atoms with Crippen LogP contribution in [0.25, 0.3) is 0 Å². The summed E-state index contributed by atoms with van der Waals surface area (Å²) in [4.78, 5) is 11.8. The number of halogens is 1. The van der Waals surface area contributed by atoms with Crippen molar-refractivity contribution < 1.29 is 17.9 Å². The second kappa shape index (κ2) is 7.02. The fourth-order valence-electron chi connectivity index (χ4n) is 1.80. The molecule has 0 saturated carbocycles. The van der Waals surface area contributed by atoms with Crippen LogP contribution in [-0.2, 0) is 14.8 Å². The average Bonchev–Trinajstić information content (AvgIpc) is 2.47. The van der Waals surface area contributed by atoms with Crippen molar-refractivity contribution >= 4 is 33.3 Å². The number of hydrogen-bond acceptors (Lipinski definition) is 4. The molecule has 0 bridgehead atoms. The zero-order chi connectivity index (χ0) is 17.0. The predicted octanol–water partition coefficient (Wildman–Crippen LogP) is 3.71. The minimum Gasteiger partial charge on any atom is -0.459 e. The Morgan fingerprint density at radius 1 is 1.13 bits per heavy atom. The predicted molar refractivity (Wildman–Crippen MR) is 89.3 cm³/mol. The molecule has 0 heterocycles. The van der Waals surface area contributed by atoms with Crippen LogP contribution in [0, 0.1) is 0 Å². The number of nitrogens with one attached hydrogen (secondary N) is 1. The smallest absolute Gasteiger partial charge is 0.338 e. The van der Waals surface area contributed by atoms with E-state index in [1.54, 1.807) is 26.0 Å². The van der Waals surface area contributed by atoms with Gasteiger partial charge in [0.25, 0.3) is 10.0 Å². The van der Waals surface area contributed by atoms with Gasteiger partial charge in [-0.25, -0.2) is 13.2 Å². The summed E-state index contributed by atoms with van der Waals surface area (Å²) in [6.07, 6.45) is -0.219. The van der Waals surface area contributed by atoms with Crippen LogP contribution < -0.4 is 4.72 Å². The second-order valence-corrected chi connectivity index (χ2v) is 7.21. The molecule has 2 aromatic carbocycles. The van der Waals surface area contributed by atoms with Crippen molar-refractivity contribution in [2.45, 2.75) is 24.8 Å². The van der Waals surface area contributed by atoms with Gasteiger partial charge >= 0.3 is 5.97 Å². The molecule has 0 saturated heterocycles. The largest absolute Gasteiger partial charge is 0.459 e. The Bertz CT molecular complexity index is 801. The van der Waals surface area contributed by atoms with E-state index in [1.807, 2.05) is 0 Å². The minimum atomic E-state index is -3.74. The quantitative estimate of drug-likeness (QED) is 0.832. The molecule has 5 nitrogen and oxygen atoms in total. The lowest BCUT2D eigenvalue weighted by Gasteiger charge is -2.10. The van der Waals surface area contributed by atoms with Crippen LogP contribution in [0.15, 0.2) is 53.4 Å². The summed E-state index contributed by atoms with van der Waals surface area (Å²) in [6.45, 7) is 3.51. The van der Waals surface area contributed by atoms with Crippen molar-refractivity contribution in [1.82, 2.24) is 0 Å². The molecule has 0 unspecified atom stereocenters. The van der Waals surface area contributed by atoms with Gasteiger partial charge in [-0.1, -0.05) is 17.7 Å². The van der Waals surface area contributed by atoms with Crippen LogP contribution in [0.3, 0.4) is 0 Å². The van der Waals surface area contributed by atoms with Gasteiger partial charge in [0.05, 0.1) is 16.6 Å². The van der Waals surface area contributed by atoms with Gasteiger partial charge in [-0.15, -0.1) is 0 Å². The van der Waals surface area contributed by atoms with E-state index in [1.165, 1.54) is 36.4 Å². The lowest BCUT2D eigenvalue weighted by molar-refractivity contribution is 0.0378. The number of esters is 1. The zero-order valence-electron chi connectivity index (χ0n) is 12.6. The van der Waals surface area contributed by atoms with E-state index in [9.17, 15) is 13.2 Å². The fraction of sp³-hybridized carbons (Fsp3) is 0.188. The van der Waals surface area contributed by atoms with Gasteiger partial charge in [-0.2, -0.15) is 0 Å². The summed E-state index contributed by atoms with van der Waals surface area (Å²) in [7, 11) is -3.74. The standard InChI is InChI=1S/C16H16ClNO4S/c1-11(2)22-16(19)12-6-8-14(9-7-12)18-23(20,21)15-5-3-4-13(17)10-15/h3-11,18H,1-2H3. The normalized spacial score (nSPS) is 11.3. The van der Waals surface area contributed by atoms with Gasteiger partial charge < -0.3 is 4.74 Å². The number of benzene rings is 2. The number of carbonyl (C=O) groups excluding carboxylic acids is 1. The zero-order valence-corrected chi connectivity index (χ0v) is 14.2. The Kier molecular flexibility index (Phi) is 5.28. The molecule has 0 aliphatic rings. The number of anilines is 1. The van der Waals surface area contributed by atoms with E-state index in [0.717, 1.165) is 0 Å². The third kappa shape index (κ3) is 4.71. The molecule has 2 rings (SSSR count). The van der Waals surface area contributed by atoms with Crippen LogP contribution in [-0.4, -0.2) is 20.5 Å². The third-order valence-corrected chi connectivity index (χ3v) is 4.44. The van der Waals surface area contributed by atoms with Gasteiger partial charge in [0, 0.05) is 10.7 Å². The van der Waals surface area contributed by atoms with Crippen molar-refractivity contribution in [1.29, 1.82) is 0 Å². The van der Waals surface area contributed by atoms with Gasteiger partial charge in [0.2, 0.25) is 0 Å². The van der Waals surface area contributed by atoms with E-state index in [2.05, 4.69) is 4.72 Å². The molecule has 0 fully saturated rings. The number of carbonyl (C=O) groups is 1. The molecular weight excluding hydrogens is 338 g/mol. The Morgan fingerprint density at radius 2 is 1.78 bits per heavy atom. The number of ether oxygens (including phenoxy) is 1. The number of rotatable bonds is 5. The highest BCUT2D eigenvalue weighted by Crippen LogP contribution is 2.19. The molecule has 0 aliphatic heterocycles. The Labute approximate surface area is 140 Å². The summed E-state index contributed by atoms with van der Waals surface area (Å²) >= 11 is 5.81. The SMILES string of the molecule is CC(C)OC(=O)c1ccc(NS(=O)(=O)c2cccc(Cl)c2)cc1. The topological polar surface area (TPSA) is 72.5 Å². The molecule has 23 heavy (non-hydrogen) atoms. The Balaban J connectivity index is 2.16. The molecule has 1 N–H and O–H groups in total. The van der Waals surface area contributed by atoms with Crippen LogP contribution in [0.1, 0.15) is 24.2 Å². The van der Waals surface area contributed by atoms with Gasteiger partial charge in [0.15, 0.2) is 0 Å². The first-order valence-electron chi connectivity index (χ1n) is 6.87. The maximum Gasteiger partial charge on any atom is 0.338 e. The van der Waals surface area contributed by atoms with E-state index in [4.69, 9.17) is 16.3 Å². The van der Waals surface area contributed by atoms with Crippen LogP contribution >= 0.6 is 11.6 Å². The molecule has 0 aromatic heterocycles. The van der Waals surface area contributed by atoms with Crippen molar-refractivity contribution in [2.24, 2.45) is 0 Å². The molecule has 0 radical (unpaired) electrons. The first-order chi connectivity index (χ1) is 10.8. The van der Waals surface area contributed by atoms with E-state index >= 15 is 0 Å². The molecule has 122 valence electrons. The molecule has 0 aliphatic carbocycles. The molecular formula is C16H16ClNO4S. The van der Waals surface area contributed by atoms with Crippen molar-refractivity contribution in [3.05, 3.63) is 59.1 Å². The molecule has 0 atom stereocenters. The molecule has 0 amide bonds. The monoisotopic (exact) mass is 353 g/mol. The van der Waals surface area contributed by atoms with Gasteiger partial charge in [0.1, 0.15) is 0 Å². The van der Waals surface area contributed by atoms with Crippen molar-refractivity contribution in [3.63, 3.8) is 0 Å². The molecule has 7 heteroatoms. The molecule has 2 aromatic rings. The highest BCUT2D eigenvalue weighted by atomic mass is 35.5. The van der Waals surface area contributed by atoms with Crippen LogP contribution in [0.4, 0.5) is 5.69 Å². The van der Waals surface area contributed by atoms with E-state index < -0.39 is 16.0 Å². The lowest BCUT2D eigenvalue weighted by Crippen LogP contribution is -2.14. The summed E-state index contributed by atoms with van der Waals surface area (Å²) < 4.78 is 32.0. The first-order valence-corrected chi connectivity index (χ1v) is 8.73. The summed E-state index contributed by atoms with van der Waals surface area (Å²) in [5.74, 6) is -0.454. The maximum absolute atomic E-state index is 12.3. The maximum atomic E-state index is 12.3. The summed E-state index contributed by atoms with van der Waals surface area (Å²) in [6, 6.07) is 12.0. The Hall–Kier alpha value is -2.05. The van der Waals surface area contributed by atoms with Crippen LogP contribution in [0.5, 0.6) is 0 Å². The average molecular weight is 354 g/mol. The first kappa shape index (κ1) is 17.3. The fourth-order valence-corrected chi connectivity index (χ4v) is 3.16. The summed E-state index contributed by atoms with van der Waals surface area (Å²) in [5, 5.41) is 0.333. The Morgan fingerprint density at radius 3 is 2.35 bits per heavy atom. The van der Waals surface area contributed by atoms with Crippen LogP contribution in [0.2, 0.25) is 5.02 Å². The highest BCUT2D eigenvalue weighted by molar-refractivity contribution is 7.92. The van der Waals surface area contributed by atoms with Crippen molar-refractivity contribution in [3.8, 4) is 0 Å². The third-order valence-electron chi connectivity index (χ3n) is 2.82. The van der Waals surface area contributed by atoms with Gasteiger partial charge in [-0.3, -0.25) is 4.72 Å². The second-order valence-electron chi connectivity index (χ2n) is 5.09. The summed E-state index contributed by atoms with van der Waals surface area (Å²) in [5.41, 5.74) is 0.690. The highest BCUT2D eigenvalue weighted by Gasteiger charge is 2.15. The number of hydrogen-bond donors (Lipinski definition) is 1. The van der Waals surface area contributed by atoms with Gasteiger partial charge in [-0.05, 0) is 56.3 Å².